The third-order valence-electron chi connectivity index (χ3n) is 1.82. The van der Waals surface area contributed by atoms with Crippen LogP contribution in [0.3, 0.4) is 0 Å². The van der Waals surface area contributed by atoms with Crippen LogP contribution in [0.1, 0.15) is 18.1 Å². The van der Waals surface area contributed by atoms with Gasteiger partial charge in [0, 0.05) is 12.8 Å². The van der Waals surface area contributed by atoms with E-state index in [2.05, 4.69) is 10.1 Å². The van der Waals surface area contributed by atoms with Crippen LogP contribution in [0.5, 0.6) is 0 Å². The SMILES string of the molecule is NCCCc1nc(CCOCC(F)F)no1. The van der Waals surface area contributed by atoms with E-state index in [1.807, 2.05) is 0 Å². The first-order valence-corrected chi connectivity index (χ1v) is 5.09. The van der Waals surface area contributed by atoms with Crippen molar-refractivity contribution in [2.24, 2.45) is 5.73 Å². The molecule has 1 heterocycles. The van der Waals surface area contributed by atoms with Gasteiger partial charge in [0.2, 0.25) is 5.89 Å². The molecule has 0 aliphatic rings. The summed E-state index contributed by atoms with van der Waals surface area (Å²) in [7, 11) is 0. The van der Waals surface area contributed by atoms with Crippen LogP contribution in [-0.2, 0) is 17.6 Å². The fourth-order valence-electron chi connectivity index (χ4n) is 1.08. The number of alkyl halides is 2. The molecule has 0 bridgehead atoms. The zero-order chi connectivity index (χ0) is 11.8. The number of aromatic nitrogens is 2. The molecule has 0 aromatic carbocycles. The number of ether oxygens (including phenoxy) is 1. The van der Waals surface area contributed by atoms with Gasteiger partial charge in [-0.3, -0.25) is 0 Å². The van der Waals surface area contributed by atoms with Crippen molar-refractivity contribution < 1.29 is 18.0 Å². The summed E-state index contributed by atoms with van der Waals surface area (Å²) in [5.41, 5.74) is 5.33. The van der Waals surface area contributed by atoms with Gasteiger partial charge < -0.3 is 15.0 Å². The first kappa shape index (κ1) is 13.0. The zero-order valence-electron chi connectivity index (χ0n) is 8.86. The van der Waals surface area contributed by atoms with Gasteiger partial charge in [0.05, 0.1) is 6.61 Å². The zero-order valence-corrected chi connectivity index (χ0v) is 8.86. The maximum absolute atomic E-state index is 11.7. The summed E-state index contributed by atoms with van der Waals surface area (Å²) < 4.78 is 33.1. The number of halogens is 2. The molecule has 7 heteroatoms. The summed E-state index contributed by atoms with van der Waals surface area (Å²) >= 11 is 0. The molecule has 16 heavy (non-hydrogen) atoms. The van der Waals surface area contributed by atoms with Gasteiger partial charge in [0.25, 0.3) is 6.43 Å². The quantitative estimate of drug-likeness (QED) is 0.674. The minimum absolute atomic E-state index is 0.167. The highest BCUT2D eigenvalue weighted by Crippen LogP contribution is 2.01. The van der Waals surface area contributed by atoms with E-state index < -0.39 is 13.0 Å². The maximum Gasteiger partial charge on any atom is 0.261 e. The second-order valence-electron chi connectivity index (χ2n) is 3.21. The van der Waals surface area contributed by atoms with Gasteiger partial charge in [0.1, 0.15) is 6.61 Å². The van der Waals surface area contributed by atoms with Crippen LogP contribution in [0.15, 0.2) is 4.52 Å². The lowest BCUT2D eigenvalue weighted by molar-refractivity contribution is 0.0182. The van der Waals surface area contributed by atoms with Gasteiger partial charge in [-0.05, 0) is 13.0 Å². The molecular weight excluding hydrogens is 220 g/mol. The lowest BCUT2D eigenvalue weighted by atomic mass is 10.3. The molecular formula is C9H15F2N3O2. The molecule has 5 nitrogen and oxygen atoms in total. The normalized spacial score (nSPS) is 11.2. The predicted molar refractivity (Wildman–Crippen MR) is 52.2 cm³/mol. The molecule has 0 radical (unpaired) electrons. The summed E-state index contributed by atoms with van der Waals surface area (Å²) in [6, 6.07) is 0. The van der Waals surface area contributed by atoms with Crippen LogP contribution in [0.4, 0.5) is 8.78 Å². The molecule has 0 spiro atoms. The fourth-order valence-corrected chi connectivity index (χ4v) is 1.08. The third-order valence-corrected chi connectivity index (χ3v) is 1.82. The molecule has 0 aliphatic carbocycles. The Morgan fingerprint density at radius 1 is 1.38 bits per heavy atom. The van der Waals surface area contributed by atoms with Gasteiger partial charge in [-0.2, -0.15) is 4.98 Å². The van der Waals surface area contributed by atoms with Crippen molar-refractivity contribution in [3.8, 4) is 0 Å². The first-order chi connectivity index (χ1) is 7.72. The summed E-state index contributed by atoms with van der Waals surface area (Å²) in [6.45, 7) is 0.174. The Bertz CT molecular complexity index is 294. The van der Waals surface area contributed by atoms with Crippen molar-refractivity contribution in [3.05, 3.63) is 11.7 Å². The number of nitrogens with two attached hydrogens (primary N) is 1. The van der Waals surface area contributed by atoms with E-state index in [-0.39, 0.29) is 6.61 Å². The van der Waals surface area contributed by atoms with Crippen molar-refractivity contribution >= 4 is 0 Å². The number of aryl methyl sites for hydroxylation is 1. The number of hydrogen-bond acceptors (Lipinski definition) is 5. The molecule has 1 aromatic rings. The van der Waals surface area contributed by atoms with Gasteiger partial charge in [-0.1, -0.05) is 5.16 Å². The Morgan fingerprint density at radius 3 is 2.88 bits per heavy atom. The number of rotatable bonds is 8. The Kier molecular flexibility index (Phi) is 5.87. The standard InChI is InChI=1S/C9H15F2N3O2/c10-7(11)6-15-5-3-8-13-9(16-14-8)2-1-4-12/h7H,1-6,12H2. The molecule has 0 saturated heterocycles. The predicted octanol–water partition coefficient (Wildman–Crippen LogP) is 0.785. The highest BCUT2D eigenvalue weighted by atomic mass is 19.3. The van der Waals surface area contributed by atoms with E-state index in [1.54, 1.807) is 0 Å². The smallest absolute Gasteiger partial charge is 0.261 e. The van der Waals surface area contributed by atoms with E-state index in [1.165, 1.54) is 0 Å². The molecule has 0 saturated carbocycles. The van der Waals surface area contributed by atoms with Gasteiger partial charge in [0.15, 0.2) is 5.82 Å². The largest absolute Gasteiger partial charge is 0.375 e. The Morgan fingerprint density at radius 2 is 2.19 bits per heavy atom. The summed E-state index contributed by atoms with van der Waals surface area (Å²) in [5.74, 6) is 0.996. The van der Waals surface area contributed by atoms with Crippen LogP contribution >= 0.6 is 0 Å². The monoisotopic (exact) mass is 235 g/mol. The molecule has 92 valence electrons. The molecule has 2 N–H and O–H groups in total. The van der Waals surface area contributed by atoms with Gasteiger partial charge in [-0.15, -0.1) is 0 Å². The van der Waals surface area contributed by atoms with Crippen LogP contribution in [0.2, 0.25) is 0 Å². The number of hydrogen-bond donors (Lipinski definition) is 1. The van der Waals surface area contributed by atoms with Crippen LogP contribution in [0, 0.1) is 0 Å². The van der Waals surface area contributed by atoms with E-state index in [0.29, 0.717) is 31.1 Å². The molecule has 1 rings (SSSR count). The maximum atomic E-state index is 11.7. The van der Waals surface area contributed by atoms with Crippen molar-refractivity contribution in [1.29, 1.82) is 0 Å². The second kappa shape index (κ2) is 7.24. The van der Waals surface area contributed by atoms with E-state index in [9.17, 15) is 8.78 Å². The molecule has 0 aliphatic heterocycles. The van der Waals surface area contributed by atoms with Crippen molar-refractivity contribution in [2.45, 2.75) is 25.7 Å². The van der Waals surface area contributed by atoms with E-state index in [4.69, 9.17) is 15.0 Å². The lowest BCUT2D eigenvalue weighted by Crippen LogP contribution is -2.07. The Balaban J connectivity index is 2.19. The fraction of sp³-hybridized carbons (Fsp3) is 0.778. The topological polar surface area (TPSA) is 74.2 Å². The van der Waals surface area contributed by atoms with Crippen LogP contribution in [-0.4, -0.2) is 36.3 Å². The Hall–Kier alpha value is -1.08. The van der Waals surface area contributed by atoms with Gasteiger partial charge in [-0.25, -0.2) is 8.78 Å². The van der Waals surface area contributed by atoms with E-state index in [0.717, 1.165) is 6.42 Å². The summed E-state index contributed by atoms with van der Waals surface area (Å²) in [5, 5.41) is 3.69. The van der Waals surface area contributed by atoms with Crippen molar-refractivity contribution in [1.82, 2.24) is 10.1 Å². The highest BCUT2D eigenvalue weighted by molar-refractivity contribution is 4.86. The van der Waals surface area contributed by atoms with Crippen LogP contribution < -0.4 is 5.73 Å². The Labute approximate surface area is 92.0 Å². The summed E-state index contributed by atoms with van der Waals surface area (Å²) in [6.07, 6.45) is -0.644. The summed E-state index contributed by atoms with van der Waals surface area (Å²) in [4.78, 5) is 4.06. The molecule has 0 atom stereocenters. The van der Waals surface area contributed by atoms with Crippen molar-refractivity contribution in [2.75, 3.05) is 19.8 Å². The first-order valence-electron chi connectivity index (χ1n) is 5.09. The lowest BCUT2D eigenvalue weighted by Gasteiger charge is -1.99. The minimum Gasteiger partial charge on any atom is -0.375 e. The molecule has 0 fully saturated rings. The third kappa shape index (κ3) is 5.13. The number of nitrogens with zero attached hydrogens (tertiary/aromatic N) is 2. The average molecular weight is 235 g/mol. The van der Waals surface area contributed by atoms with Gasteiger partial charge >= 0.3 is 0 Å². The second-order valence-corrected chi connectivity index (χ2v) is 3.21. The van der Waals surface area contributed by atoms with Crippen LogP contribution in [0.25, 0.3) is 0 Å². The molecule has 0 amide bonds. The highest BCUT2D eigenvalue weighted by Gasteiger charge is 2.06. The minimum atomic E-state index is -2.44. The van der Waals surface area contributed by atoms with Crippen molar-refractivity contribution in [3.63, 3.8) is 0 Å². The molecule has 1 aromatic heterocycles. The van der Waals surface area contributed by atoms with E-state index >= 15 is 0 Å². The average Bonchev–Trinajstić information content (AvgIpc) is 2.69. The molecule has 0 unspecified atom stereocenters.